The highest BCUT2D eigenvalue weighted by molar-refractivity contribution is 5.60. The summed E-state index contributed by atoms with van der Waals surface area (Å²) in [6.45, 7) is 4.97. The van der Waals surface area contributed by atoms with Crippen molar-refractivity contribution in [2.45, 2.75) is 51.5 Å². The SMILES string of the molecule is CC1CCCC(C=O)(CN(C)C2CCOCC2)C1. The van der Waals surface area contributed by atoms with Crippen molar-refractivity contribution in [3.8, 4) is 0 Å². The van der Waals surface area contributed by atoms with Gasteiger partial charge in [-0.1, -0.05) is 19.8 Å². The molecule has 18 heavy (non-hydrogen) atoms. The molecule has 3 heteroatoms. The Hall–Kier alpha value is -0.410. The topological polar surface area (TPSA) is 29.5 Å². The minimum atomic E-state index is -0.0786. The van der Waals surface area contributed by atoms with Gasteiger partial charge in [0.25, 0.3) is 0 Å². The molecule has 0 N–H and O–H groups in total. The fourth-order valence-electron chi connectivity index (χ4n) is 3.74. The molecule has 2 atom stereocenters. The fourth-order valence-corrected chi connectivity index (χ4v) is 3.74. The molecular weight excluding hydrogens is 226 g/mol. The second-order valence-corrected chi connectivity index (χ2v) is 6.44. The molecule has 0 aromatic heterocycles. The Kier molecular flexibility index (Phi) is 4.79. The molecule has 2 unspecified atom stereocenters. The maximum atomic E-state index is 11.6. The summed E-state index contributed by atoms with van der Waals surface area (Å²) >= 11 is 0. The molecule has 1 heterocycles. The highest BCUT2D eigenvalue weighted by Gasteiger charge is 2.37. The van der Waals surface area contributed by atoms with Crippen LogP contribution in [0.5, 0.6) is 0 Å². The molecule has 0 radical (unpaired) electrons. The zero-order valence-electron chi connectivity index (χ0n) is 11.9. The molecule has 2 rings (SSSR count). The third-order valence-corrected chi connectivity index (χ3v) is 4.76. The lowest BCUT2D eigenvalue weighted by molar-refractivity contribution is -0.120. The van der Waals surface area contributed by atoms with E-state index in [4.69, 9.17) is 4.74 Å². The van der Waals surface area contributed by atoms with Gasteiger partial charge in [-0.05, 0) is 38.6 Å². The van der Waals surface area contributed by atoms with Crippen LogP contribution in [0.15, 0.2) is 0 Å². The average molecular weight is 253 g/mol. The molecule has 1 saturated carbocycles. The number of hydrogen-bond acceptors (Lipinski definition) is 3. The van der Waals surface area contributed by atoms with Crippen LogP contribution in [0.2, 0.25) is 0 Å². The highest BCUT2D eigenvalue weighted by atomic mass is 16.5. The van der Waals surface area contributed by atoms with Gasteiger partial charge in [0.05, 0.1) is 0 Å². The zero-order valence-corrected chi connectivity index (χ0v) is 11.9. The van der Waals surface area contributed by atoms with E-state index >= 15 is 0 Å². The van der Waals surface area contributed by atoms with Gasteiger partial charge in [0, 0.05) is 31.2 Å². The van der Waals surface area contributed by atoms with E-state index in [0.29, 0.717) is 12.0 Å². The predicted molar refractivity (Wildman–Crippen MR) is 72.6 cm³/mol. The average Bonchev–Trinajstić information content (AvgIpc) is 2.39. The van der Waals surface area contributed by atoms with Gasteiger partial charge in [-0.15, -0.1) is 0 Å². The molecule has 1 saturated heterocycles. The number of rotatable bonds is 4. The van der Waals surface area contributed by atoms with Crippen LogP contribution in [0.4, 0.5) is 0 Å². The molecule has 0 bridgehead atoms. The largest absolute Gasteiger partial charge is 0.381 e. The quantitative estimate of drug-likeness (QED) is 0.721. The van der Waals surface area contributed by atoms with E-state index in [1.807, 2.05) is 0 Å². The van der Waals surface area contributed by atoms with E-state index in [-0.39, 0.29) is 5.41 Å². The Bertz CT molecular complexity index is 276. The van der Waals surface area contributed by atoms with E-state index < -0.39 is 0 Å². The van der Waals surface area contributed by atoms with Crippen LogP contribution in [0, 0.1) is 11.3 Å². The standard InChI is InChI=1S/C15H27NO2/c1-13-4-3-7-15(10-13,12-17)11-16(2)14-5-8-18-9-6-14/h12-14H,3-11H2,1-2H3. The Balaban J connectivity index is 1.93. The van der Waals surface area contributed by atoms with Crippen LogP contribution in [0.3, 0.4) is 0 Å². The summed E-state index contributed by atoms with van der Waals surface area (Å²) in [5.74, 6) is 0.701. The van der Waals surface area contributed by atoms with E-state index in [1.165, 1.54) is 19.1 Å². The Morgan fingerprint density at radius 1 is 1.33 bits per heavy atom. The monoisotopic (exact) mass is 253 g/mol. The van der Waals surface area contributed by atoms with Crippen molar-refractivity contribution < 1.29 is 9.53 Å². The predicted octanol–water partition coefficient (Wildman–Crippen LogP) is 2.49. The minimum Gasteiger partial charge on any atom is -0.381 e. The first-order valence-electron chi connectivity index (χ1n) is 7.39. The molecule has 0 aromatic carbocycles. The Morgan fingerprint density at radius 2 is 2.06 bits per heavy atom. The molecule has 0 amide bonds. The molecule has 1 aliphatic heterocycles. The molecule has 0 aromatic rings. The van der Waals surface area contributed by atoms with Crippen LogP contribution >= 0.6 is 0 Å². The molecule has 3 nitrogen and oxygen atoms in total. The molecule has 0 spiro atoms. The van der Waals surface area contributed by atoms with Gasteiger partial charge in [-0.25, -0.2) is 0 Å². The maximum Gasteiger partial charge on any atom is 0.127 e. The molecule has 2 fully saturated rings. The van der Waals surface area contributed by atoms with Crippen molar-refractivity contribution in [2.24, 2.45) is 11.3 Å². The van der Waals surface area contributed by atoms with E-state index in [1.54, 1.807) is 0 Å². The van der Waals surface area contributed by atoms with E-state index in [9.17, 15) is 4.79 Å². The molecular formula is C15H27NO2. The minimum absolute atomic E-state index is 0.0786. The van der Waals surface area contributed by atoms with Gasteiger partial charge in [0.15, 0.2) is 0 Å². The summed E-state index contributed by atoms with van der Waals surface area (Å²) in [6, 6.07) is 0.604. The van der Waals surface area contributed by atoms with Gasteiger partial charge in [-0.3, -0.25) is 0 Å². The summed E-state index contributed by atoms with van der Waals surface area (Å²) in [7, 11) is 2.18. The van der Waals surface area contributed by atoms with Crippen molar-refractivity contribution in [3.05, 3.63) is 0 Å². The summed E-state index contributed by atoms with van der Waals surface area (Å²) in [6.07, 6.45) is 8.12. The van der Waals surface area contributed by atoms with Crippen molar-refractivity contribution in [1.82, 2.24) is 4.90 Å². The van der Waals surface area contributed by atoms with Crippen molar-refractivity contribution in [2.75, 3.05) is 26.8 Å². The number of carbonyl (C=O) groups is 1. The van der Waals surface area contributed by atoms with Crippen molar-refractivity contribution in [1.29, 1.82) is 0 Å². The van der Waals surface area contributed by atoms with Crippen LogP contribution in [0.25, 0.3) is 0 Å². The first-order chi connectivity index (χ1) is 8.65. The third-order valence-electron chi connectivity index (χ3n) is 4.76. The zero-order chi connectivity index (χ0) is 13.0. The van der Waals surface area contributed by atoms with Gasteiger partial charge >= 0.3 is 0 Å². The van der Waals surface area contributed by atoms with Gasteiger partial charge < -0.3 is 14.4 Å². The van der Waals surface area contributed by atoms with Gasteiger partial charge in [0.1, 0.15) is 6.29 Å². The van der Waals surface area contributed by atoms with Crippen LogP contribution in [-0.2, 0) is 9.53 Å². The Labute approximate surface area is 111 Å². The van der Waals surface area contributed by atoms with Crippen molar-refractivity contribution in [3.63, 3.8) is 0 Å². The lowest BCUT2D eigenvalue weighted by atomic mass is 9.70. The number of carbonyl (C=O) groups excluding carboxylic acids is 1. The van der Waals surface area contributed by atoms with Gasteiger partial charge in [-0.2, -0.15) is 0 Å². The number of nitrogens with zero attached hydrogens (tertiary/aromatic N) is 1. The van der Waals surface area contributed by atoms with E-state index in [2.05, 4.69) is 18.9 Å². The maximum absolute atomic E-state index is 11.6. The second-order valence-electron chi connectivity index (χ2n) is 6.44. The molecule has 2 aliphatic rings. The first-order valence-corrected chi connectivity index (χ1v) is 7.39. The summed E-state index contributed by atoms with van der Waals surface area (Å²) in [5.41, 5.74) is -0.0786. The smallest absolute Gasteiger partial charge is 0.127 e. The summed E-state index contributed by atoms with van der Waals surface area (Å²) in [5, 5.41) is 0. The van der Waals surface area contributed by atoms with Crippen LogP contribution < -0.4 is 0 Å². The number of ether oxygens (including phenoxy) is 1. The molecule has 104 valence electrons. The fraction of sp³-hybridized carbons (Fsp3) is 0.933. The number of hydrogen-bond donors (Lipinski definition) is 0. The highest BCUT2D eigenvalue weighted by Crippen LogP contribution is 2.38. The normalized spacial score (nSPS) is 34.7. The van der Waals surface area contributed by atoms with Crippen molar-refractivity contribution >= 4 is 6.29 Å². The third kappa shape index (κ3) is 3.33. The summed E-state index contributed by atoms with van der Waals surface area (Å²) in [4.78, 5) is 14.0. The van der Waals surface area contributed by atoms with E-state index in [0.717, 1.165) is 45.4 Å². The summed E-state index contributed by atoms with van der Waals surface area (Å²) < 4.78 is 5.41. The first kappa shape index (κ1) is 14.0. The van der Waals surface area contributed by atoms with Gasteiger partial charge in [0.2, 0.25) is 0 Å². The van der Waals surface area contributed by atoms with Crippen LogP contribution in [0.1, 0.15) is 45.4 Å². The molecule has 1 aliphatic carbocycles. The van der Waals surface area contributed by atoms with Crippen LogP contribution in [-0.4, -0.2) is 44.0 Å². The second kappa shape index (κ2) is 6.16. The Morgan fingerprint density at radius 3 is 2.67 bits per heavy atom. The number of aldehydes is 1. The lowest BCUT2D eigenvalue weighted by Crippen LogP contribution is -2.46. The lowest BCUT2D eigenvalue weighted by Gasteiger charge is -2.41.